The molecule has 0 aliphatic rings. The minimum absolute atomic E-state index is 0.238. The van der Waals surface area contributed by atoms with Crippen LogP contribution in [0.15, 0.2) is 60.7 Å². The maximum Gasteiger partial charge on any atom is 0.407 e. The Morgan fingerprint density at radius 3 is 2.43 bits per heavy atom. The van der Waals surface area contributed by atoms with Gasteiger partial charge in [-0.05, 0) is 36.1 Å². The van der Waals surface area contributed by atoms with E-state index in [1.54, 1.807) is 13.0 Å². The molecular weight excluding hydrogens is 354 g/mol. The molecule has 0 fully saturated rings. The molecule has 0 aliphatic carbocycles. The molecule has 1 atom stereocenters. The first-order valence-electron chi connectivity index (χ1n) is 9.42. The van der Waals surface area contributed by atoms with Gasteiger partial charge in [-0.2, -0.15) is 0 Å². The second kappa shape index (κ2) is 10.5. The van der Waals surface area contributed by atoms with Crippen LogP contribution in [0.1, 0.15) is 31.9 Å². The molecule has 1 amide bonds. The minimum Gasteiger partial charge on any atom is -0.489 e. The molecule has 150 valence electrons. The zero-order valence-electron chi connectivity index (χ0n) is 16.7. The lowest BCUT2D eigenvalue weighted by atomic mass is 10.0. The van der Waals surface area contributed by atoms with Gasteiger partial charge in [0.1, 0.15) is 12.4 Å². The second-order valence-electron chi connectivity index (χ2n) is 7.37. The van der Waals surface area contributed by atoms with Crippen LogP contribution in [0.25, 0.3) is 6.08 Å². The molecule has 2 aromatic carbocycles. The second-order valence-corrected chi connectivity index (χ2v) is 7.37. The van der Waals surface area contributed by atoms with Crippen molar-refractivity contribution in [3.8, 4) is 5.75 Å². The summed E-state index contributed by atoms with van der Waals surface area (Å²) in [5.74, 6) is 1.03. The fourth-order valence-corrected chi connectivity index (χ4v) is 2.34. The van der Waals surface area contributed by atoms with Gasteiger partial charge in [0.25, 0.3) is 0 Å². The van der Waals surface area contributed by atoms with Crippen molar-refractivity contribution in [2.45, 2.75) is 32.9 Å². The number of rotatable bonds is 9. The Hall–Kier alpha value is -2.79. The Labute approximate surface area is 167 Å². The van der Waals surface area contributed by atoms with Gasteiger partial charge in [0.2, 0.25) is 0 Å². The normalized spacial score (nSPS) is 13.3. The Kier molecular flexibility index (Phi) is 8.08. The average Bonchev–Trinajstić information content (AvgIpc) is 2.71. The van der Waals surface area contributed by atoms with Crippen LogP contribution in [-0.2, 0) is 11.3 Å². The molecule has 2 N–H and O–H groups in total. The van der Waals surface area contributed by atoms with E-state index in [9.17, 15) is 9.90 Å². The third-order valence-corrected chi connectivity index (χ3v) is 4.04. The maximum absolute atomic E-state index is 11.9. The summed E-state index contributed by atoms with van der Waals surface area (Å²) >= 11 is 0. The van der Waals surface area contributed by atoms with Gasteiger partial charge in [-0.3, -0.25) is 0 Å². The number of hydrogen-bond acceptors (Lipinski definition) is 4. The van der Waals surface area contributed by atoms with Crippen LogP contribution in [-0.4, -0.2) is 30.0 Å². The molecule has 0 saturated carbocycles. The summed E-state index contributed by atoms with van der Waals surface area (Å²) in [6, 6.07) is 17.6. The topological polar surface area (TPSA) is 67.8 Å². The van der Waals surface area contributed by atoms with Crippen molar-refractivity contribution in [3.63, 3.8) is 0 Å². The third kappa shape index (κ3) is 7.45. The first-order chi connectivity index (χ1) is 13.4. The molecule has 0 aliphatic heterocycles. The molecule has 0 unspecified atom stereocenters. The van der Waals surface area contributed by atoms with Gasteiger partial charge in [0.05, 0.1) is 18.8 Å². The smallest absolute Gasteiger partial charge is 0.407 e. The summed E-state index contributed by atoms with van der Waals surface area (Å²) in [6.45, 7) is 6.27. The number of amides is 1. The van der Waals surface area contributed by atoms with E-state index in [1.807, 2.05) is 74.5 Å². The fourth-order valence-electron chi connectivity index (χ4n) is 2.34. The SMILES string of the molecule is CC(C)COC(=O)N[C@](C)(/C=C/c1ccc(OCc2ccccc2)cc1)CO. The Bertz CT molecular complexity index is 756. The number of carbonyl (C=O) groups excluding carboxylic acids is 1. The van der Waals surface area contributed by atoms with E-state index < -0.39 is 11.6 Å². The predicted molar refractivity (Wildman–Crippen MR) is 111 cm³/mol. The van der Waals surface area contributed by atoms with Crippen LogP contribution >= 0.6 is 0 Å². The van der Waals surface area contributed by atoms with Gasteiger partial charge >= 0.3 is 6.09 Å². The van der Waals surface area contributed by atoms with Crippen LogP contribution < -0.4 is 10.1 Å². The lowest BCUT2D eigenvalue weighted by molar-refractivity contribution is 0.116. The number of aliphatic hydroxyl groups is 1. The quantitative estimate of drug-likeness (QED) is 0.673. The molecule has 2 rings (SSSR count). The lowest BCUT2D eigenvalue weighted by Crippen LogP contribution is -2.47. The highest BCUT2D eigenvalue weighted by atomic mass is 16.5. The lowest BCUT2D eigenvalue weighted by Gasteiger charge is -2.25. The van der Waals surface area contributed by atoms with Crippen LogP contribution in [0, 0.1) is 5.92 Å². The van der Waals surface area contributed by atoms with E-state index in [0.717, 1.165) is 16.9 Å². The van der Waals surface area contributed by atoms with Crippen LogP contribution in [0.5, 0.6) is 5.75 Å². The van der Waals surface area contributed by atoms with Gasteiger partial charge in [0, 0.05) is 0 Å². The number of aliphatic hydroxyl groups excluding tert-OH is 1. The summed E-state index contributed by atoms with van der Waals surface area (Å²) < 4.78 is 10.9. The first-order valence-corrected chi connectivity index (χ1v) is 9.42. The largest absolute Gasteiger partial charge is 0.489 e. The number of alkyl carbamates (subject to hydrolysis) is 1. The van der Waals surface area contributed by atoms with Crippen LogP contribution in [0.3, 0.4) is 0 Å². The molecular formula is C23H29NO4. The molecule has 0 heterocycles. The van der Waals surface area contributed by atoms with Gasteiger partial charge in [0.15, 0.2) is 0 Å². The van der Waals surface area contributed by atoms with Crippen LogP contribution in [0.4, 0.5) is 4.79 Å². The fraction of sp³-hybridized carbons (Fsp3) is 0.348. The highest BCUT2D eigenvalue weighted by Gasteiger charge is 2.23. The summed E-state index contributed by atoms with van der Waals surface area (Å²) in [7, 11) is 0. The van der Waals surface area contributed by atoms with Crippen molar-refractivity contribution in [1.29, 1.82) is 0 Å². The molecule has 5 heteroatoms. The monoisotopic (exact) mass is 383 g/mol. The number of hydrogen-bond donors (Lipinski definition) is 2. The zero-order chi connectivity index (χ0) is 20.4. The number of ether oxygens (including phenoxy) is 2. The van der Waals surface area contributed by atoms with Gasteiger partial charge in [-0.25, -0.2) is 4.79 Å². The van der Waals surface area contributed by atoms with Gasteiger partial charge in [-0.1, -0.05) is 68.5 Å². The van der Waals surface area contributed by atoms with E-state index in [-0.39, 0.29) is 12.5 Å². The standard InChI is InChI=1S/C23H29NO4/c1-18(2)15-28-22(26)24-23(3,17-25)14-13-19-9-11-21(12-10-19)27-16-20-7-5-4-6-8-20/h4-14,18,25H,15-17H2,1-3H3,(H,24,26)/b14-13+/t23-/m1/s1. The number of benzene rings is 2. The molecule has 0 aromatic heterocycles. The Balaban J connectivity index is 1.91. The molecule has 0 bridgehead atoms. The van der Waals surface area contributed by atoms with Crippen molar-refractivity contribution in [3.05, 3.63) is 71.8 Å². The maximum atomic E-state index is 11.9. The van der Waals surface area contributed by atoms with Crippen molar-refractivity contribution >= 4 is 12.2 Å². The average molecular weight is 383 g/mol. The van der Waals surface area contributed by atoms with E-state index in [2.05, 4.69) is 5.32 Å². The first kappa shape index (κ1) is 21.5. The van der Waals surface area contributed by atoms with E-state index in [0.29, 0.717) is 13.2 Å². The summed E-state index contributed by atoms with van der Waals surface area (Å²) in [4.78, 5) is 11.9. The molecule has 28 heavy (non-hydrogen) atoms. The molecule has 0 radical (unpaired) electrons. The number of carbonyl (C=O) groups is 1. The number of nitrogens with one attached hydrogen (secondary N) is 1. The van der Waals surface area contributed by atoms with Crippen molar-refractivity contribution in [2.24, 2.45) is 5.92 Å². The van der Waals surface area contributed by atoms with E-state index in [4.69, 9.17) is 9.47 Å². The summed E-state index contributed by atoms with van der Waals surface area (Å²) in [6.07, 6.45) is 3.06. The Morgan fingerprint density at radius 2 is 1.82 bits per heavy atom. The van der Waals surface area contributed by atoms with Gasteiger partial charge in [-0.15, -0.1) is 0 Å². The Morgan fingerprint density at radius 1 is 1.14 bits per heavy atom. The molecule has 5 nitrogen and oxygen atoms in total. The van der Waals surface area contributed by atoms with Crippen molar-refractivity contribution in [2.75, 3.05) is 13.2 Å². The third-order valence-electron chi connectivity index (χ3n) is 4.04. The van der Waals surface area contributed by atoms with Gasteiger partial charge < -0.3 is 19.9 Å². The van der Waals surface area contributed by atoms with E-state index >= 15 is 0 Å². The predicted octanol–water partition coefficient (Wildman–Crippen LogP) is 4.41. The van der Waals surface area contributed by atoms with E-state index in [1.165, 1.54) is 0 Å². The summed E-state index contributed by atoms with van der Waals surface area (Å²) in [5.41, 5.74) is 1.14. The van der Waals surface area contributed by atoms with Crippen LogP contribution in [0.2, 0.25) is 0 Å². The molecule has 0 saturated heterocycles. The highest BCUT2D eigenvalue weighted by Crippen LogP contribution is 2.16. The molecule has 2 aromatic rings. The van der Waals surface area contributed by atoms with Crippen molar-refractivity contribution in [1.82, 2.24) is 5.32 Å². The van der Waals surface area contributed by atoms with Crippen molar-refractivity contribution < 1.29 is 19.4 Å². The summed E-state index contributed by atoms with van der Waals surface area (Å²) in [5, 5.41) is 12.4. The minimum atomic E-state index is -0.906. The highest BCUT2D eigenvalue weighted by molar-refractivity contribution is 5.69. The zero-order valence-corrected chi connectivity index (χ0v) is 16.7. The molecule has 0 spiro atoms.